The van der Waals surface area contributed by atoms with Crippen molar-refractivity contribution in [3.8, 4) is 5.75 Å². The maximum absolute atomic E-state index is 5.38. The van der Waals surface area contributed by atoms with Crippen LogP contribution in [0.15, 0.2) is 54.9 Å². The van der Waals surface area contributed by atoms with E-state index < -0.39 is 0 Å². The van der Waals surface area contributed by atoms with Crippen LogP contribution in [0.5, 0.6) is 5.75 Å². The Bertz CT molecular complexity index is 979. The highest BCUT2D eigenvalue weighted by Gasteiger charge is 2.10. The molecule has 0 bridgehead atoms. The molecule has 4 aromatic rings. The van der Waals surface area contributed by atoms with Gasteiger partial charge in [0.1, 0.15) is 12.1 Å². The standard InChI is InChI=1S/C17H15N5O/c1-23-15-9-5-2-6-12(15)10-18-17-20-14-8-4-3-7-13(14)16-21-19-11-22(16)17/h2-9,11H,10H2,1H3,(H,18,20). The summed E-state index contributed by atoms with van der Waals surface area (Å²) in [6, 6.07) is 15.8. The van der Waals surface area contributed by atoms with Crippen molar-refractivity contribution in [1.82, 2.24) is 19.6 Å². The minimum Gasteiger partial charge on any atom is -0.496 e. The molecule has 0 amide bonds. The Balaban J connectivity index is 1.74. The molecule has 0 aliphatic rings. The summed E-state index contributed by atoms with van der Waals surface area (Å²) in [5.74, 6) is 1.55. The van der Waals surface area contributed by atoms with Crippen LogP contribution in [0.4, 0.5) is 5.95 Å². The number of methoxy groups -OCH3 is 1. The van der Waals surface area contributed by atoms with Gasteiger partial charge in [-0.05, 0) is 18.2 Å². The van der Waals surface area contributed by atoms with Crippen LogP contribution in [-0.2, 0) is 6.54 Å². The lowest BCUT2D eigenvalue weighted by molar-refractivity contribution is 0.410. The van der Waals surface area contributed by atoms with E-state index in [4.69, 9.17) is 4.74 Å². The van der Waals surface area contributed by atoms with E-state index in [1.165, 1.54) is 0 Å². The quantitative estimate of drug-likeness (QED) is 0.628. The van der Waals surface area contributed by atoms with Crippen LogP contribution in [0.3, 0.4) is 0 Å². The molecule has 0 fully saturated rings. The first kappa shape index (κ1) is 13.5. The molecule has 4 rings (SSSR count). The molecule has 0 saturated heterocycles. The van der Waals surface area contributed by atoms with E-state index in [1.54, 1.807) is 13.4 Å². The second-order valence-corrected chi connectivity index (χ2v) is 5.14. The number of para-hydroxylation sites is 2. The van der Waals surface area contributed by atoms with E-state index in [-0.39, 0.29) is 0 Å². The molecule has 6 heteroatoms. The van der Waals surface area contributed by atoms with Crippen LogP contribution in [-0.4, -0.2) is 26.7 Å². The molecule has 0 spiro atoms. The Morgan fingerprint density at radius 1 is 1.09 bits per heavy atom. The molecule has 23 heavy (non-hydrogen) atoms. The maximum Gasteiger partial charge on any atom is 0.210 e. The molecule has 1 N–H and O–H groups in total. The van der Waals surface area contributed by atoms with Crippen LogP contribution in [0.1, 0.15) is 5.56 Å². The first-order chi connectivity index (χ1) is 11.4. The third-order valence-corrected chi connectivity index (χ3v) is 3.78. The zero-order valence-electron chi connectivity index (χ0n) is 12.6. The van der Waals surface area contributed by atoms with Crippen molar-refractivity contribution >= 4 is 22.5 Å². The predicted molar refractivity (Wildman–Crippen MR) is 88.6 cm³/mol. The number of hydrogen-bond donors (Lipinski definition) is 1. The lowest BCUT2D eigenvalue weighted by Crippen LogP contribution is -2.07. The predicted octanol–water partition coefficient (Wildman–Crippen LogP) is 2.90. The first-order valence-corrected chi connectivity index (χ1v) is 7.31. The molecule has 6 nitrogen and oxygen atoms in total. The van der Waals surface area contributed by atoms with Crippen LogP contribution >= 0.6 is 0 Å². The van der Waals surface area contributed by atoms with Gasteiger partial charge in [-0.2, -0.15) is 0 Å². The molecule has 0 saturated carbocycles. The Morgan fingerprint density at radius 3 is 2.83 bits per heavy atom. The van der Waals surface area contributed by atoms with E-state index in [2.05, 4.69) is 20.5 Å². The van der Waals surface area contributed by atoms with Crippen LogP contribution in [0, 0.1) is 0 Å². The van der Waals surface area contributed by atoms with Gasteiger partial charge in [0.2, 0.25) is 5.95 Å². The summed E-state index contributed by atoms with van der Waals surface area (Å²) in [5.41, 5.74) is 2.74. The smallest absolute Gasteiger partial charge is 0.210 e. The fourth-order valence-corrected chi connectivity index (χ4v) is 2.65. The van der Waals surface area contributed by atoms with Gasteiger partial charge in [0.25, 0.3) is 0 Å². The van der Waals surface area contributed by atoms with Crippen molar-refractivity contribution < 1.29 is 4.74 Å². The monoisotopic (exact) mass is 305 g/mol. The van der Waals surface area contributed by atoms with Gasteiger partial charge >= 0.3 is 0 Å². The van der Waals surface area contributed by atoms with Gasteiger partial charge in [0.15, 0.2) is 5.65 Å². The van der Waals surface area contributed by atoms with E-state index in [9.17, 15) is 0 Å². The molecule has 0 unspecified atom stereocenters. The molecule has 0 atom stereocenters. The number of nitrogens with zero attached hydrogens (tertiary/aromatic N) is 4. The van der Waals surface area contributed by atoms with Gasteiger partial charge in [0.05, 0.1) is 12.6 Å². The van der Waals surface area contributed by atoms with E-state index in [0.717, 1.165) is 27.9 Å². The molecular weight excluding hydrogens is 290 g/mol. The number of aromatic nitrogens is 4. The zero-order valence-corrected chi connectivity index (χ0v) is 12.6. The largest absolute Gasteiger partial charge is 0.496 e. The summed E-state index contributed by atoms with van der Waals surface area (Å²) in [5, 5.41) is 12.5. The maximum atomic E-state index is 5.38. The first-order valence-electron chi connectivity index (χ1n) is 7.31. The number of rotatable bonds is 4. The normalized spacial score (nSPS) is 11.0. The number of ether oxygens (including phenoxy) is 1. The van der Waals surface area contributed by atoms with Crippen LogP contribution in [0.2, 0.25) is 0 Å². The molecule has 114 valence electrons. The van der Waals surface area contributed by atoms with E-state index in [0.29, 0.717) is 12.5 Å². The minimum atomic E-state index is 0.600. The summed E-state index contributed by atoms with van der Waals surface area (Å²) in [4.78, 5) is 4.68. The third kappa shape index (κ3) is 2.34. The molecule has 2 aromatic heterocycles. The fraction of sp³-hybridized carbons (Fsp3) is 0.118. The van der Waals surface area contributed by atoms with Crippen molar-refractivity contribution in [3.05, 3.63) is 60.4 Å². The topological polar surface area (TPSA) is 64.3 Å². The fourth-order valence-electron chi connectivity index (χ4n) is 2.65. The number of benzene rings is 2. The van der Waals surface area contributed by atoms with Crippen LogP contribution in [0.25, 0.3) is 16.6 Å². The second kappa shape index (κ2) is 5.57. The number of hydrogen-bond acceptors (Lipinski definition) is 5. The summed E-state index contributed by atoms with van der Waals surface area (Å²) < 4.78 is 7.24. The highest BCUT2D eigenvalue weighted by molar-refractivity contribution is 5.92. The molecule has 0 radical (unpaired) electrons. The highest BCUT2D eigenvalue weighted by Crippen LogP contribution is 2.22. The Morgan fingerprint density at radius 2 is 1.91 bits per heavy atom. The van der Waals surface area contributed by atoms with Crippen molar-refractivity contribution in [2.24, 2.45) is 0 Å². The van der Waals surface area contributed by atoms with Crippen molar-refractivity contribution in [1.29, 1.82) is 0 Å². The van der Waals surface area contributed by atoms with E-state index >= 15 is 0 Å². The van der Waals surface area contributed by atoms with Crippen molar-refractivity contribution in [3.63, 3.8) is 0 Å². The van der Waals surface area contributed by atoms with Gasteiger partial charge in [-0.1, -0.05) is 30.3 Å². The SMILES string of the molecule is COc1ccccc1CNc1nc2ccccc2c2nncn12. The Hall–Kier alpha value is -3.15. The van der Waals surface area contributed by atoms with Gasteiger partial charge in [-0.15, -0.1) is 10.2 Å². The molecule has 2 aromatic carbocycles. The number of nitrogens with one attached hydrogen (secondary N) is 1. The summed E-state index contributed by atoms with van der Waals surface area (Å²) in [7, 11) is 1.67. The number of fused-ring (bicyclic) bond motifs is 3. The Kier molecular flexibility index (Phi) is 3.27. The lowest BCUT2D eigenvalue weighted by atomic mass is 10.2. The number of anilines is 1. The van der Waals surface area contributed by atoms with Gasteiger partial charge in [0, 0.05) is 17.5 Å². The molecule has 2 heterocycles. The van der Waals surface area contributed by atoms with Gasteiger partial charge in [-0.25, -0.2) is 4.98 Å². The molecule has 0 aliphatic carbocycles. The van der Waals surface area contributed by atoms with Gasteiger partial charge in [-0.3, -0.25) is 4.40 Å². The summed E-state index contributed by atoms with van der Waals surface area (Å²) >= 11 is 0. The summed E-state index contributed by atoms with van der Waals surface area (Å²) in [6.45, 7) is 0.600. The molecular formula is C17H15N5O. The summed E-state index contributed by atoms with van der Waals surface area (Å²) in [6.07, 6.45) is 1.67. The average Bonchev–Trinajstić information content (AvgIpc) is 3.10. The minimum absolute atomic E-state index is 0.600. The van der Waals surface area contributed by atoms with Crippen molar-refractivity contribution in [2.45, 2.75) is 6.54 Å². The molecule has 0 aliphatic heterocycles. The van der Waals surface area contributed by atoms with Crippen LogP contribution < -0.4 is 10.1 Å². The van der Waals surface area contributed by atoms with E-state index in [1.807, 2.05) is 52.9 Å². The zero-order chi connectivity index (χ0) is 15.6. The lowest BCUT2D eigenvalue weighted by Gasteiger charge is -2.11. The third-order valence-electron chi connectivity index (χ3n) is 3.78. The average molecular weight is 305 g/mol. The van der Waals surface area contributed by atoms with Crippen molar-refractivity contribution in [2.75, 3.05) is 12.4 Å². The Labute approximate surface area is 132 Å². The highest BCUT2D eigenvalue weighted by atomic mass is 16.5. The van der Waals surface area contributed by atoms with Gasteiger partial charge < -0.3 is 10.1 Å². The second-order valence-electron chi connectivity index (χ2n) is 5.14.